The van der Waals surface area contributed by atoms with Gasteiger partial charge in [0.2, 0.25) is 0 Å². The number of fused-ring (bicyclic) bond motifs is 1. The molecule has 28 heavy (non-hydrogen) atoms. The first-order valence-electron chi connectivity index (χ1n) is 9.46. The number of pyridine rings is 1. The van der Waals surface area contributed by atoms with Crippen molar-refractivity contribution >= 4 is 28.9 Å². The van der Waals surface area contributed by atoms with Crippen LogP contribution in [-0.4, -0.2) is 72.2 Å². The van der Waals surface area contributed by atoms with Gasteiger partial charge in [-0.3, -0.25) is 0 Å². The molecule has 0 radical (unpaired) electrons. The van der Waals surface area contributed by atoms with E-state index in [1.165, 1.54) is 0 Å². The third-order valence-electron chi connectivity index (χ3n) is 5.09. The van der Waals surface area contributed by atoms with Crippen LogP contribution in [0.1, 0.15) is 0 Å². The number of hydrogen-bond acceptors (Lipinski definition) is 7. The maximum absolute atomic E-state index is 6.27. The van der Waals surface area contributed by atoms with Crippen molar-refractivity contribution in [2.45, 2.75) is 0 Å². The van der Waals surface area contributed by atoms with Gasteiger partial charge in [-0.15, -0.1) is 0 Å². The maximum Gasteiger partial charge on any atom is 0.159 e. The van der Waals surface area contributed by atoms with Crippen LogP contribution in [0, 0.1) is 0 Å². The van der Waals surface area contributed by atoms with Crippen LogP contribution in [-0.2, 0) is 9.47 Å². The highest BCUT2D eigenvalue weighted by atomic mass is 35.5. The summed E-state index contributed by atoms with van der Waals surface area (Å²) in [5.74, 6) is 1.90. The number of ether oxygens (including phenoxy) is 2. The summed E-state index contributed by atoms with van der Waals surface area (Å²) < 4.78 is 12.7. The predicted molar refractivity (Wildman–Crippen MR) is 107 cm³/mol. The first-order chi connectivity index (χ1) is 13.8. The highest BCUT2D eigenvalue weighted by Gasteiger charge is 2.18. The van der Waals surface area contributed by atoms with E-state index in [9.17, 15) is 0 Å². The Morgan fingerprint density at radius 3 is 2.29 bits per heavy atom. The number of hydrogen-bond donors (Lipinski definition) is 0. The van der Waals surface area contributed by atoms with Crippen LogP contribution in [0.5, 0.6) is 0 Å². The minimum Gasteiger partial charge on any atom is -0.378 e. The van der Waals surface area contributed by atoms with Crippen molar-refractivity contribution in [3.8, 4) is 11.3 Å². The van der Waals surface area contributed by atoms with Crippen LogP contribution < -0.4 is 9.80 Å². The molecular weight excluding hydrogens is 380 g/mol. The summed E-state index contributed by atoms with van der Waals surface area (Å²) in [6.45, 7) is 6.23. The van der Waals surface area contributed by atoms with Gasteiger partial charge in [-0.05, 0) is 12.1 Å². The number of nitrogens with zero attached hydrogens (tertiary/aromatic N) is 6. The minimum atomic E-state index is 0.459. The van der Waals surface area contributed by atoms with Crippen LogP contribution in [0.25, 0.3) is 16.9 Å². The van der Waals surface area contributed by atoms with Crippen LogP contribution in [0.3, 0.4) is 0 Å². The van der Waals surface area contributed by atoms with Crippen molar-refractivity contribution in [1.29, 1.82) is 0 Å². The minimum absolute atomic E-state index is 0.459. The fraction of sp³-hybridized carbons (Fsp3) is 0.421. The number of morpholine rings is 2. The Bertz CT molecular complexity index is 964. The van der Waals surface area contributed by atoms with E-state index in [1.54, 1.807) is 0 Å². The summed E-state index contributed by atoms with van der Waals surface area (Å²) in [6, 6.07) is 7.89. The van der Waals surface area contributed by atoms with Crippen molar-refractivity contribution in [2.24, 2.45) is 0 Å². The maximum atomic E-state index is 6.27. The second kappa shape index (κ2) is 7.54. The number of halogens is 1. The molecule has 0 spiro atoms. The average molecular weight is 401 g/mol. The Morgan fingerprint density at radius 1 is 0.893 bits per heavy atom. The van der Waals surface area contributed by atoms with Crippen LogP contribution in [0.15, 0.2) is 30.5 Å². The zero-order chi connectivity index (χ0) is 18.9. The van der Waals surface area contributed by atoms with Gasteiger partial charge in [0, 0.05) is 50.1 Å². The third-order valence-corrected chi connectivity index (χ3v) is 5.28. The van der Waals surface area contributed by atoms with Gasteiger partial charge in [-0.2, -0.15) is 9.61 Å². The summed E-state index contributed by atoms with van der Waals surface area (Å²) in [6.07, 6.45) is 1.86. The monoisotopic (exact) mass is 400 g/mol. The Morgan fingerprint density at radius 2 is 1.61 bits per heavy atom. The molecule has 2 aliphatic heterocycles. The Balaban J connectivity index is 1.47. The van der Waals surface area contributed by atoms with E-state index in [-0.39, 0.29) is 0 Å². The largest absolute Gasteiger partial charge is 0.378 e. The van der Waals surface area contributed by atoms with Crippen molar-refractivity contribution in [2.75, 3.05) is 62.4 Å². The molecule has 0 aromatic carbocycles. The number of rotatable bonds is 3. The molecule has 0 unspecified atom stereocenters. The van der Waals surface area contributed by atoms with E-state index >= 15 is 0 Å². The predicted octanol–water partition coefficient (Wildman–Crippen LogP) is 2.12. The van der Waals surface area contributed by atoms with Gasteiger partial charge >= 0.3 is 0 Å². The second-order valence-electron chi connectivity index (χ2n) is 6.84. The lowest BCUT2D eigenvalue weighted by Crippen LogP contribution is -2.37. The zero-order valence-corrected chi connectivity index (χ0v) is 16.2. The molecule has 3 aromatic heterocycles. The van der Waals surface area contributed by atoms with E-state index in [0.29, 0.717) is 18.4 Å². The highest BCUT2D eigenvalue weighted by molar-refractivity contribution is 6.29. The van der Waals surface area contributed by atoms with Gasteiger partial charge in [0.25, 0.3) is 0 Å². The lowest BCUT2D eigenvalue weighted by atomic mass is 10.2. The van der Waals surface area contributed by atoms with Crippen molar-refractivity contribution < 1.29 is 9.47 Å². The molecule has 3 aromatic rings. The quantitative estimate of drug-likeness (QED) is 0.624. The van der Waals surface area contributed by atoms with Crippen molar-refractivity contribution in [3.63, 3.8) is 0 Å². The van der Waals surface area contributed by atoms with Crippen LogP contribution in [0.4, 0.5) is 11.6 Å². The molecule has 0 aliphatic carbocycles. The molecular formula is C19H21ClN6O2. The summed E-state index contributed by atoms with van der Waals surface area (Å²) in [5.41, 5.74) is 2.50. The van der Waals surface area contributed by atoms with E-state index in [1.807, 2.05) is 28.9 Å². The first-order valence-corrected chi connectivity index (χ1v) is 9.84. The molecule has 2 fully saturated rings. The average Bonchev–Trinajstić information content (AvgIpc) is 3.18. The first kappa shape index (κ1) is 17.7. The molecule has 5 rings (SSSR count). The standard InChI is InChI=1S/C19H21ClN6O2/c20-16-12-19(25-5-9-28-10-6-25)26-18(22-16)11-15(23-26)14-1-2-17(21-13-14)24-3-7-27-8-4-24/h1-2,11-13H,3-10H2. The smallest absolute Gasteiger partial charge is 0.159 e. The Hall–Kier alpha value is -2.42. The highest BCUT2D eigenvalue weighted by Crippen LogP contribution is 2.26. The fourth-order valence-corrected chi connectivity index (χ4v) is 3.79. The lowest BCUT2D eigenvalue weighted by molar-refractivity contribution is 0.122. The topological polar surface area (TPSA) is 68.0 Å². The van der Waals surface area contributed by atoms with E-state index < -0.39 is 0 Å². The molecule has 0 atom stereocenters. The van der Waals surface area contributed by atoms with Crippen LogP contribution in [0.2, 0.25) is 5.15 Å². The Kier molecular flexibility index (Phi) is 4.76. The SMILES string of the molecule is Clc1cc(N2CCOCC2)n2nc(-c3ccc(N4CCOCC4)nc3)cc2n1. The van der Waals surface area contributed by atoms with Crippen LogP contribution >= 0.6 is 11.6 Å². The normalized spacial score (nSPS) is 18.0. The summed E-state index contributed by atoms with van der Waals surface area (Å²) in [7, 11) is 0. The van der Waals surface area contributed by atoms with Crippen molar-refractivity contribution in [1.82, 2.24) is 19.6 Å². The molecule has 5 heterocycles. The van der Waals surface area contributed by atoms with Crippen molar-refractivity contribution in [3.05, 3.63) is 35.6 Å². The van der Waals surface area contributed by atoms with Gasteiger partial charge in [0.1, 0.15) is 16.8 Å². The molecule has 0 amide bonds. The zero-order valence-electron chi connectivity index (χ0n) is 15.4. The van der Waals surface area contributed by atoms with Gasteiger partial charge < -0.3 is 19.3 Å². The van der Waals surface area contributed by atoms with Gasteiger partial charge in [-0.25, -0.2) is 9.97 Å². The molecule has 2 saturated heterocycles. The van der Waals surface area contributed by atoms with Gasteiger partial charge in [-0.1, -0.05) is 11.6 Å². The summed E-state index contributed by atoms with van der Waals surface area (Å²) >= 11 is 6.27. The number of aromatic nitrogens is 4. The van der Waals surface area contributed by atoms with E-state index in [4.69, 9.17) is 26.2 Å². The molecule has 0 bridgehead atoms. The van der Waals surface area contributed by atoms with Gasteiger partial charge in [0.05, 0.1) is 32.1 Å². The van der Waals surface area contributed by atoms with E-state index in [0.717, 1.165) is 67.9 Å². The summed E-state index contributed by atoms with van der Waals surface area (Å²) in [4.78, 5) is 13.5. The molecule has 8 nitrogen and oxygen atoms in total. The summed E-state index contributed by atoms with van der Waals surface area (Å²) in [5, 5.41) is 5.24. The Labute approximate surface area is 167 Å². The second-order valence-corrected chi connectivity index (χ2v) is 7.23. The van der Waals surface area contributed by atoms with E-state index in [2.05, 4.69) is 25.8 Å². The molecule has 0 saturated carbocycles. The molecule has 2 aliphatic rings. The lowest BCUT2D eigenvalue weighted by Gasteiger charge is -2.28. The molecule has 0 N–H and O–H groups in total. The molecule has 9 heteroatoms. The molecule has 146 valence electrons. The fourth-order valence-electron chi connectivity index (χ4n) is 3.60. The third kappa shape index (κ3) is 3.39. The van der Waals surface area contributed by atoms with Gasteiger partial charge in [0.15, 0.2) is 5.65 Å². The number of anilines is 2.